The van der Waals surface area contributed by atoms with Crippen molar-refractivity contribution in [2.24, 2.45) is 5.73 Å². The highest BCUT2D eigenvalue weighted by Gasteiger charge is 2.14. The van der Waals surface area contributed by atoms with Gasteiger partial charge in [0.25, 0.3) is 0 Å². The molecule has 0 fully saturated rings. The van der Waals surface area contributed by atoms with E-state index in [2.05, 4.69) is 11.7 Å². The molecule has 2 N–H and O–H groups in total. The van der Waals surface area contributed by atoms with Gasteiger partial charge in [0.15, 0.2) is 11.5 Å². The first-order valence-corrected chi connectivity index (χ1v) is 6.75. The van der Waals surface area contributed by atoms with Gasteiger partial charge in [0.2, 0.25) is 0 Å². The summed E-state index contributed by atoms with van der Waals surface area (Å²) >= 11 is 0. The quantitative estimate of drug-likeness (QED) is 0.585. The number of benzene rings is 1. The highest BCUT2D eigenvalue weighted by Crippen LogP contribution is 2.30. The summed E-state index contributed by atoms with van der Waals surface area (Å²) in [7, 11) is 2.94. The van der Waals surface area contributed by atoms with Crippen LogP contribution >= 0.6 is 0 Å². The summed E-state index contributed by atoms with van der Waals surface area (Å²) in [5.41, 5.74) is 6.81. The van der Waals surface area contributed by atoms with E-state index in [9.17, 15) is 4.79 Å². The molecule has 0 saturated heterocycles. The van der Waals surface area contributed by atoms with Gasteiger partial charge in [-0.2, -0.15) is 0 Å². The van der Waals surface area contributed by atoms with E-state index < -0.39 is 6.04 Å². The lowest BCUT2D eigenvalue weighted by Gasteiger charge is -2.15. The third-order valence-corrected chi connectivity index (χ3v) is 2.99. The number of carbonyl (C=O) groups excluding carboxylic acids is 1. The van der Waals surface area contributed by atoms with Gasteiger partial charge in [-0.1, -0.05) is 19.4 Å². The molecule has 5 heteroatoms. The number of carbonyl (C=O) groups is 1. The average molecular weight is 281 g/mol. The predicted molar refractivity (Wildman–Crippen MR) is 77.0 cm³/mol. The van der Waals surface area contributed by atoms with Crippen LogP contribution in [0.1, 0.15) is 37.8 Å². The van der Waals surface area contributed by atoms with Gasteiger partial charge in [-0.05, 0) is 24.1 Å². The minimum atomic E-state index is -0.415. The molecular weight excluding hydrogens is 258 g/mol. The van der Waals surface area contributed by atoms with Crippen molar-refractivity contribution in [3.63, 3.8) is 0 Å². The number of unbranched alkanes of at least 4 members (excludes halogenated alkanes) is 1. The minimum Gasteiger partial charge on any atom is -0.493 e. The largest absolute Gasteiger partial charge is 0.493 e. The second-order valence-corrected chi connectivity index (χ2v) is 4.50. The van der Waals surface area contributed by atoms with Crippen molar-refractivity contribution in [1.29, 1.82) is 0 Å². The van der Waals surface area contributed by atoms with Gasteiger partial charge >= 0.3 is 5.97 Å². The maximum atomic E-state index is 11.3. The van der Waals surface area contributed by atoms with Crippen molar-refractivity contribution in [2.45, 2.75) is 32.2 Å². The van der Waals surface area contributed by atoms with Gasteiger partial charge in [0.05, 0.1) is 27.2 Å². The summed E-state index contributed by atoms with van der Waals surface area (Å²) in [5, 5.41) is 0. The molecule has 0 spiro atoms. The number of esters is 1. The molecule has 0 heterocycles. The number of nitrogens with two attached hydrogens (primary N) is 1. The van der Waals surface area contributed by atoms with Crippen LogP contribution in [0.25, 0.3) is 0 Å². The van der Waals surface area contributed by atoms with E-state index in [1.807, 2.05) is 12.1 Å². The van der Waals surface area contributed by atoms with Crippen molar-refractivity contribution in [2.75, 3.05) is 20.8 Å². The summed E-state index contributed by atoms with van der Waals surface area (Å²) in [6, 6.07) is 5.04. The first-order valence-electron chi connectivity index (χ1n) is 6.75. The van der Waals surface area contributed by atoms with Crippen molar-refractivity contribution < 1.29 is 19.0 Å². The van der Waals surface area contributed by atoms with Crippen molar-refractivity contribution in [3.8, 4) is 11.5 Å². The van der Waals surface area contributed by atoms with Crippen LogP contribution in [-0.4, -0.2) is 26.8 Å². The Morgan fingerprint density at radius 1 is 1.30 bits per heavy atom. The van der Waals surface area contributed by atoms with E-state index in [1.165, 1.54) is 7.11 Å². The molecule has 112 valence electrons. The normalized spacial score (nSPS) is 11.8. The summed E-state index contributed by atoms with van der Waals surface area (Å²) < 4.78 is 15.6. The van der Waals surface area contributed by atoms with Crippen molar-refractivity contribution in [3.05, 3.63) is 23.8 Å². The van der Waals surface area contributed by atoms with Crippen LogP contribution < -0.4 is 15.2 Å². The number of hydrogen-bond acceptors (Lipinski definition) is 5. The van der Waals surface area contributed by atoms with E-state index in [0.29, 0.717) is 18.1 Å². The molecule has 0 amide bonds. The molecular formula is C15H23NO4. The van der Waals surface area contributed by atoms with Gasteiger partial charge in [-0.25, -0.2) is 0 Å². The Kier molecular flexibility index (Phi) is 6.87. The van der Waals surface area contributed by atoms with E-state index in [0.717, 1.165) is 18.4 Å². The standard InChI is InChI=1S/C15H23NO4/c1-4-5-8-20-14-9-11(6-7-13(14)18-2)12(16)10-15(17)19-3/h6-7,9,12H,4-5,8,10,16H2,1-3H3. The van der Waals surface area contributed by atoms with E-state index in [-0.39, 0.29) is 12.4 Å². The zero-order valence-electron chi connectivity index (χ0n) is 12.3. The minimum absolute atomic E-state index is 0.136. The molecule has 0 saturated carbocycles. The fourth-order valence-electron chi connectivity index (χ4n) is 1.74. The van der Waals surface area contributed by atoms with Gasteiger partial charge in [-0.3, -0.25) is 4.79 Å². The number of methoxy groups -OCH3 is 2. The van der Waals surface area contributed by atoms with Crippen LogP contribution in [0.3, 0.4) is 0 Å². The summed E-state index contributed by atoms with van der Waals surface area (Å²) in [4.78, 5) is 11.3. The number of ether oxygens (including phenoxy) is 3. The lowest BCUT2D eigenvalue weighted by atomic mass is 10.0. The molecule has 0 radical (unpaired) electrons. The Hall–Kier alpha value is -1.75. The lowest BCUT2D eigenvalue weighted by Crippen LogP contribution is -2.16. The first-order chi connectivity index (χ1) is 9.62. The lowest BCUT2D eigenvalue weighted by molar-refractivity contribution is -0.141. The van der Waals surface area contributed by atoms with Crippen LogP contribution in [0.5, 0.6) is 11.5 Å². The zero-order chi connectivity index (χ0) is 15.0. The molecule has 0 aromatic heterocycles. The third-order valence-electron chi connectivity index (χ3n) is 2.99. The van der Waals surface area contributed by atoms with Crippen LogP contribution in [-0.2, 0) is 9.53 Å². The Labute approximate surface area is 120 Å². The van der Waals surface area contributed by atoms with Gasteiger partial charge in [0, 0.05) is 6.04 Å². The maximum absolute atomic E-state index is 11.3. The smallest absolute Gasteiger partial charge is 0.307 e. The second-order valence-electron chi connectivity index (χ2n) is 4.50. The number of rotatable bonds is 8. The molecule has 1 unspecified atom stereocenters. The molecule has 1 atom stereocenters. The summed E-state index contributed by atoms with van der Waals surface area (Å²) in [6.45, 7) is 2.73. The Morgan fingerprint density at radius 3 is 2.65 bits per heavy atom. The van der Waals surface area contributed by atoms with Gasteiger partial charge in [-0.15, -0.1) is 0 Å². The molecule has 0 bridgehead atoms. The Morgan fingerprint density at radius 2 is 2.05 bits per heavy atom. The van der Waals surface area contributed by atoms with Crippen LogP contribution in [0.2, 0.25) is 0 Å². The molecule has 5 nitrogen and oxygen atoms in total. The topological polar surface area (TPSA) is 70.8 Å². The van der Waals surface area contributed by atoms with Gasteiger partial charge < -0.3 is 19.9 Å². The molecule has 0 aliphatic carbocycles. The van der Waals surface area contributed by atoms with E-state index in [4.69, 9.17) is 15.2 Å². The Balaban J connectivity index is 2.82. The summed E-state index contributed by atoms with van der Waals surface area (Å²) in [5.74, 6) is 0.982. The maximum Gasteiger partial charge on any atom is 0.307 e. The molecule has 1 aromatic carbocycles. The molecule has 20 heavy (non-hydrogen) atoms. The van der Waals surface area contributed by atoms with Crippen LogP contribution in [0.15, 0.2) is 18.2 Å². The van der Waals surface area contributed by atoms with Crippen LogP contribution in [0.4, 0.5) is 0 Å². The van der Waals surface area contributed by atoms with Crippen molar-refractivity contribution >= 4 is 5.97 Å². The zero-order valence-corrected chi connectivity index (χ0v) is 12.3. The third kappa shape index (κ3) is 4.74. The number of hydrogen-bond donors (Lipinski definition) is 1. The first kappa shape index (κ1) is 16.3. The van der Waals surface area contributed by atoms with E-state index in [1.54, 1.807) is 13.2 Å². The molecule has 1 aromatic rings. The van der Waals surface area contributed by atoms with Crippen molar-refractivity contribution in [1.82, 2.24) is 0 Å². The van der Waals surface area contributed by atoms with E-state index >= 15 is 0 Å². The fourth-order valence-corrected chi connectivity index (χ4v) is 1.74. The van der Waals surface area contributed by atoms with Gasteiger partial charge in [0.1, 0.15) is 0 Å². The molecule has 0 aliphatic rings. The highest BCUT2D eigenvalue weighted by atomic mass is 16.5. The SMILES string of the molecule is CCCCOc1cc(C(N)CC(=O)OC)ccc1OC. The predicted octanol–water partition coefficient (Wildman–Crippen LogP) is 2.44. The fraction of sp³-hybridized carbons (Fsp3) is 0.533. The molecule has 1 rings (SSSR count). The summed E-state index contributed by atoms with van der Waals surface area (Å²) in [6.07, 6.45) is 2.17. The monoisotopic (exact) mass is 281 g/mol. The Bertz CT molecular complexity index is 434. The van der Waals surface area contributed by atoms with Crippen LogP contribution in [0, 0.1) is 0 Å². The highest BCUT2D eigenvalue weighted by molar-refractivity contribution is 5.70. The average Bonchev–Trinajstić information content (AvgIpc) is 2.47. The second kappa shape index (κ2) is 8.43. The molecule has 0 aliphatic heterocycles.